The van der Waals surface area contributed by atoms with Gasteiger partial charge in [0.25, 0.3) is 0 Å². The van der Waals surface area contributed by atoms with Gasteiger partial charge >= 0.3 is 0 Å². The molecule has 1 unspecified atom stereocenters. The van der Waals surface area contributed by atoms with Crippen LogP contribution in [0.5, 0.6) is 0 Å². The molecule has 1 aromatic rings. The van der Waals surface area contributed by atoms with Gasteiger partial charge < -0.3 is 10.3 Å². The van der Waals surface area contributed by atoms with E-state index >= 15 is 0 Å². The highest BCUT2D eigenvalue weighted by atomic mass is 15.2. The summed E-state index contributed by atoms with van der Waals surface area (Å²) >= 11 is 0. The standard InChI is InChI=1S/C14H28N4/c1-4-8-18(14(3,5-2)12-15)10-6-9-17-11-7-16-13-17/h7,11,13H,4-6,8-10,12,15H2,1-3H3. The van der Waals surface area contributed by atoms with E-state index in [1.807, 2.05) is 18.7 Å². The average molecular weight is 252 g/mol. The van der Waals surface area contributed by atoms with E-state index < -0.39 is 0 Å². The first kappa shape index (κ1) is 15.2. The monoisotopic (exact) mass is 252 g/mol. The fraction of sp³-hybridized carbons (Fsp3) is 0.786. The van der Waals surface area contributed by atoms with Crippen LogP contribution in [0.1, 0.15) is 40.0 Å². The van der Waals surface area contributed by atoms with Gasteiger partial charge in [0, 0.05) is 37.6 Å². The topological polar surface area (TPSA) is 47.1 Å². The van der Waals surface area contributed by atoms with Crippen LogP contribution in [-0.2, 0) is 6.54 Å². The van der Waals surface area contributed by atoms with Gasteiger partial charge in [-0.15, -0.1) is 0 Å². The molecular formula is C14H28N4. The van der Waals surface area contributed by atoms with E-state index in [1.54, 1.807) is 0 Å². The fourth-order valence-corrected chi connectivity index (χ4v) is 2.28. The maximum atomic E-state index is 5.96. The summed E-state index contributed by atoms with van der Waals surface area (Å²) in [6.07, 6.45) is 9.17. The molecule has 0 radical (unpaired) electrons. The minimum absolute atomic E-state index is 0.144. The number of aromatic nitrogens is 2. The molecule has 0 aliphatic carbocycles. The normalized spacial score (nSPS) is 14.9. The van der Waals surface area contributed by atoms with Gasteiger partial charge in [-0.2, -0.15) is 0 Å². The predicted molar refractivity (Wildman–Crippen MR) is 76.5 cm³/mol. The lowest BCUT2D eigenvalue weighted by molar-refractivity contribution is 0.102. The number of aryl methyl sites for hydroxylation is 1. The molecule has 1 aromatic heterocycles. The SMILES string of the molecule is CCCN(CCCn1ccnc1)C(C)(CC)CN. The highest BCUT2D eigenvalue weighted by Gasteiger charge is 2.27. The molecule has 0 saturated carbocycles. The molecule has 0 fully saturated rings. The van der Waals surface area contributed by atoms with Crippen LogP contribution in [0, 0.1) is 0 Å². The predicted octanol–water partition coefficient (Wildman–Crippen LogP) is 2.11. The largest absolute Gasteiger partial charge is 0.337 e. The lowest BCUT2D eigenvalue weighted by atomic mass is 9.96. The van der Waals surface area contributed by atoms with Crippen LogP contribution in [0.3, 0.4) is 0 Å². The van der Waals surface area contributed by atoms with Crippen LogP contribution < -0.4 is 5.73 Å². The number of rotatable bonds is 9. The molecule has 1 rings (SSSR count). The second-order valence-electron chi connectivity index (χ2n) is 5.20. The third-order valence-corrected chi connectivity index (χ3v) is 3.86. The van der Waals surface area contributed by atoms with Crippen molar-refractivity contribution in [2.24, 2.45) is 5.73 Å². The minimum Gasteiger partial charge on any atom is -0.337 e. The average Bonchev–Trinajstić information content (AvgIpc) is 2.90. The molecule has 4 heteroatoms. The Kier molecular flexibility index (Phi) is 6.36. The van der Waals surface area contributed by atoms with Gasteiger partial charge in [-0.1, -0.05) is 13.8 Å². The Morgan fingerprint density at radius 3 is 2.61 bits per heavy atom. The number of nitrogens with zero attached hydrogens (tertiary/aromatic N) is 3. The van der Waals surface area contributed by atoms with Crippen molar-refractivity contribution < 1.29 is 0 Å². The van der Waals surface area contributed by atoms with Crippen molar-refractivity contribution in [3.05, 3.63) is 18.7 Å². The van der Waals surface area contributed by atoms with Gasteiger partial charge in [0.2, 0.25) is 0 Å². The Morgan fingerprint density at radius 2 is 2.11 bits per heavy atom. The molecule has 4 nitrogen and oxygen atoms in total. The lowest BCUT2D eigenvalue weighted by Gasteiger charge is -2.40. The molecule has 1 heterocycles. The van der Waals surface area contributed by atoms with E-state index in [4.69, 9.17) is 5.73 Å². The van der Waals surface area contributed by atoms with Gasteiger partial charge in [-0.3, -0.25) is 4.90 Å². The number of nitrogens with two attached hydrogens (primary N) is 1. The van der Waals surface area contributed by atoms with Crippen molar-refractivity contribution in [1.82, 2.24) is 14.5 Å². The summed E-state index contributed by atoms with van der Waals surface area (Å²) in [7, 11) is 0. The summed E-state index contributed by atoms with van der Waals surface area (Å²) in [4.78, 5) is 6.61. The van der Waals surface area contributed by atoms with E-state index in [9.17, 15) is 0 Å². The van der Waals surface area contributed by atoms with Crippen LogP contribution >= 0.6 is 0 Å². The van der Waals surface area contributed by atoms with Crippen molar-refractivity contribution in [3.63, 3.8) is 0 Å². The first-order valence-corrected chi connectivity index (χ1v) is 7.07. The molecular weight excluding hydrogens is 224 g/mol. The van der Waals surface area contributed by atoms with Crippen LogP contribution in [0.2, 0.25) is 0 Å². The quantitative estimate of drug-likeness (QED) is 0.732. The Balaban J connectivity index is 2.47. The second kappa shape index (κ2) is 7.54. The highest BCUT2D eigenvalue weighted by molar-refractivity contribution is 4.86. The summed E-state index contributed by atoms with van der Waals surface area (Å²) in [6.45, 7) is 10.7. The van der Waals surface area contributed by atoms with E-state index in [-0.39, 0.29) is 5.54 Å². The summed E-state index contributed by atoms with van der Waals surface area (Å²) in [5, 5.41) is 0. The molecule has 0 aromatic carbocycles. The third kappa shape index (κ3) is 4.10. The molecule has 18 heavy (non-hydrogen) atoms. The van der Waals surface area contributed by atoms with E-state index in [1.165, 1.54) is 6.42 Å². The Labute approximate surface area is 111 Å². The highest BCUT2D eigenvalue weighted by Crippen LogP contribution is 2.18. The Morgan fingerprint density at radius 1 is 1.33 bits per heavy atom. The molecule has 0 saturated heterocycles. The lowest BCUT2D eigenvalue weighted by Crippen LogP contribution is -2.52. The van der Waals surface area contributed by atoms with Crippen molar-refractivity contribution in [2.75, 3.05) is 19.6 Å². The van der Waals surface area contributed by atoms with Gasteiger partial charge in [-0.05, 0) is 32.7 Å². The van der Waals surface area contributed by atoms with Gasteiger partial charge in [0.1, 0.15) is 0 Å². The van der Waals surface area contributed by atoms with E-state index in [0.29, 0.717) is 0 Å². The van der Waals surface area contributed by atoms with Gasteiger partial charge in [0.15, 0.2) is 0 Å². The van der Waals surface area contributed by atoms with E-state index in [0.717, 1.165) is 39.0 Å². The molecule has 2 N–H and O–H groups in total. The molecule has 104 valence electrons. The Hall–Kier alpha value is -0.870. The minimum atomic E-state index is 0.144. The fourth-order valence-electron chi connectivity index (χ4n) is 2.28. The van der Waals surface area contributed by atoms with Crippen LogP contribution in [0.25, 0.3) is 0 Å². The number of imidazole rings is 1. The summed E-state index contributed by atoms with van der Waals surface area (Å²) in [5.41, 5.74) is 6.10. The van der Waals surface area contributed by atoms with Gasteiger partial charge in [-0.25, -0.2) is 4.98 Å². The zero-order valence-corrected chi connectivity index (χ0v) is 12.1. The summed E-state index contributed by atoms with van der Waals surface area (Å²) < 4.78 is 2.13. The third-order valence-electron chi connectivity index (χ3n) is 3.86. The van der Waals surface area contributed by atoms with Crippen molar-refractivity contribution >= 4 is 0 Å². The Bertz CT molecular complexity index is 304. The van der Waals surface area contributed by atoms with E-state index in [2.05, 4.69) is 35.2 Å². The second-order valence-corrected chi connectivity index (χ2v) is 5.20. The maximum Gasteiger partial charge on any atom is 0.0945 e. The van der Waals surface area contributed by atoms with Crippen LogP contribution in [0.4, 0.5) is 0 Å². The molecule has 1 atom stereocenters. The number of hydrogen-bond acceptors (Lipinski definition) is 3. The summed E-state index contributed by atoms with van der Waals surface area (Å²) in [6, 6.07) is 0. The zero-order chi connectivity index (χ0) is 13.4. The van der Waals surface area contributed by atoms with Gasteiger partial charge in [0.05, 0.1) is 6.33 Å². The number of hydrogen-bond donors (Lipinski definition) is 1. The maximum absolute atomic E-state index is 5.96. The smallest absolute Gasteiger partial charge is 0.0945 e. The van der Waals surface area contributed by atoms with Crippen molar-refractivity contribution in [3.8, 4) is 0 Å². The van der Waals surface area contributed by atoms with Crippen molar-refractivity contribution in [1.29, 1.82) is 0 Å². The molecule has 0 amide bonds. The summed E-state index contributed by atoms with van der Waals surface area (Å²) in [5.74, 6) is 0. The zero-order valence-electron chi connectivity index (χ0n) is 12.1. The first-order valence-electron chi connectivity index (χ1n) is 7.07. The van der Waals surface area contributed by atoms with Crippen LogP contribution in [-0.4, -0.2) is 39.6 Å². The molecule has 0 bridgehead atoms. The molecule has 0 aliphatic rings. The molecule has 0 aliphatic heterocycles. The first-order chi connectivity index (χ1) is 8.66. The molecule has 0 spiro atoms. The van der Waals surface area contributed by atoms with Crippen molar-refractivity contribution in [2.45, 2.75) is 52.1 Å². The van der Waals surface area contributed by atoms with Crippen LogP contribution in [0.15, 0.2) is 18.7 Å².